The van der Waals surface area contributed by atoms with Crippen molar-refractivity contribution in [2.45, 2.75) is 6.18 Å². The zero-order chi connectivity index (χ0) is 14.3. The topological polar surface area (TPSA) is 38.9 Å². The maximum atomic E-state index is 12.6. The summed E-state index contributed by atoms with van der Waals surface area (Å²) in [5.74, 6) is 0.175. The van der Waals surface area contributed by atoms with Crippen molar-refractivity contribution in [2.75, 3.05) is 0 Å². The zero-order valence-corrected chi connectivity index (χ0v) is 10.5. The van der Waals surface area contributed by atoms with Crippen LogP contribution in [0.2, 0.25) is 5.02 Å². The van der Waals surface area contributed by atoms with Crippen LogP contribution in [0.25, 0.3) is 22.7 Å². The molecular weight excluding hydrogens is 293 g/mol. The summed E-state index contributed by atoms with van der Waals surface area (Å²) >= 11 is 5.84. The molecule has 0 fully saturated rings. The highest BCUT2D eigenvalue weighted by atomic mass is 35.5. The fourth-order valence-corrected chi connectivity index (χ4v) is 1.91. The van der Waals surface area contributed by atoms with Gasteiger partial charge < -0.3 is 4.42 Å². The molecule has 3 rings (SSSR count). The van der Waals surface area contributed by atoms with Gasteiger partial charge in [-0.15, -0.1) is 0 Å². The van der Waals surface area contributed by atoms with Gasteiger partial charge in [-0.3, -0.25) is 0 Å². The number of nitrogens with zero attached hydrogens (tertiary/aromatic N) is 2. The summed E-state index contributed by atoms with van der Waals surface area (Å²) in [6.45, 7) is 0. The molecule has 0 saturated heterocycles. The van der Waals surface area contributed by atoms with Crippen molar-refractivity contribution in [1.29, 1.82) is 0 Å². The van der Waals surface area contributed by atoms with E-state index >= 15 is 0 Å². The first-order valence-electron chi connectivity index (χ1n) is 5.53. The Labute approximate surface area is 116 Å². The van der Waals surface area contributed by atoms with E-state index in [9.17, 15) is 13.2 Å². The van der Waals surface area contributed by atoms with Gasteiger partial charge in [0.1, 0.15) is 5.52 Å². The van der Waals surface area contributed by atoms with Crippen LogP contribution in [-0.2, 0) is 6.18 Å². The van der Waals surface area contributed by atoms with Crippen LogP contribution in [0.4, 0.5) is 13.2 Å². The van der Waals surface area contributed by atoms with Gasteiger partial charge in [0, 0.05) is 16.8 Å². The van der Waals surface area contributed by atoms with Gasteiger partial charge in [0.05, 0.1) is 5.56 Å². The van der Waals surface area contributed by atoms with Gasteiger partial charge in [-0.1, -0.05) is 17.7 Å². The molecule has 3 aromatic rings. The largest absolute Gasteiger partial charge is 0.418 e. The maximum absolute atomic E-state index is 12.6. The monoisotopic (exact) mass is 298 g/mol. The minimum atomic E-state index is -4.46. The molecule has 2 heterocycles. The summed E-state index contributed by atoms with van der Waals surface area (Å²) in [5.41, 5.74) is -0.192. The van der Waals surface area contributed by atoms with Crippen LogP contribution >= 0.6 is 11.6 Å². The van der Waals surface area contributed by atoms with Crippen LogP contribution in [0.3, 0.4) is 0 Å². The van der Waals surface area contributed by atoms with E-state index in [-0.39, 0.29) is 17.1 Å². The quantitative estimate of drug-likeness (QED) is 0.661. The fourth-order valence-electron chi connectivity index (χ4n) is 1.72. The van der Waals surface area contributed by atoms with E-state index in [1.165, 1.54) is 0 Å². The molecule has 0 saturated carbocycles. The maximum Gasteiger partial charge on any atom is 0.417 e. The second-order valence-electron chi connectivity index (χ2n) is 4.08. The number of halogens is 4. The highest BCUT2D eigenvalue weighted by Gasteiger charge is 2.31. The number of hydrogen-bond acceptors (Lipinski definition) is 3. The first-order chi connectivity index (χ1) is 9.43. The molecule has 0 radical (unpaired) electrons. The van der Waals surface area contributed by atoms with Crippen molar-refractivity contribution >= 4 is 22.8 Å². The minimum Gasteiger partial charge on any atom is -0.418 e. The van der Waals surface area contributed by atoms with Gasteiger partial charge in [0.2, 0.25) is 11.6 Å². The number of oxazole rings is 1. The molecule has 0 amide bonds. The normalized spacial score (nSPS) is 12.0. The van der Waals surface area contributed by atoms with Crippen molar-refractivity contribution in [3.63, 3.8) is 0 Å². The van der Waals surface area contributed by atoms with Gasteiger partial charge in [-0.25, -0.2) is 9.97 Å². The zero-order valence-electron chi connectivity index (χ0n) is 9.78. The van der Waals surface area contributed by atoms with Gasteiger partial charge in [-0.05, 0) is 24.3 Å². The Hall–Kier alpha value is -2.08. The molecule has 102 valence electrons. The second kappa shape index (κ2) is 4.49. The number of aromatic nitrogens is 2. The predicted molar refractivity (Wildman–Crippen MR) is 67.3 cm³/mol. The third-order valence-corrected chi connectivity index (χ3v) is 2.88. The van der Waals surface area contributed by atoms with E-state index in [1.54, 1.807) is 24.3 Å². The molecule has 20 heavy (non-hydrogen) atoms. The minimum absolute atomic E-state index is 0.0491. The average molecular weight is 299 g/mol. The van der Waals surface area contributed by atoms with Crippen LogP contribution < -0.4 is 0 Å². The Kier molecular flexibility index (Phi) is 2.90. The van der Waals surface area contributed by atoms with E-state index in [2.05, 4.69) is 9.97 Å². The van der Waals surface area contributed by atoms with E-state index < -0.39 is 11.7 Å². The van der Waals surface area contributed by atoms with Gasteiger partial charge in [0.25, 0.3) is 0 Å². The first-order valence-corrected chi connectivity index (χ1v) is 5.91. The van der Waals surface area contributed by atoms with Crippen molar-refractivity contribution < 1.29 is 17.6 Å². The van der Waals surface area contributed by atoms with Crippen LogP contribution in [0.5, 0.6) is 0 Å². The molecular formula is C13H6ClF3N2O. The summed E-state index contributed by atoms with van der Waals surface area (Å²) < 4.78 is 43.1. The summed E-state index contributed by atoms with van der Waals surface area (Å²) in [4.78, 5) is 7.64. The van der Waals surface area contributed by atoms with Crippen LogP contribution in [0, 0.1) is 0 Å². The second-order valence-corrected chi connectivity index (χ2v) is 4.51. The van der Waals surface area contributed by atoms with Gasteiger partial charge in [0.15, 0.2) is 0 Å². The molecule has 0 N–H and O–H groups in total. The van der Waals surface area contributed by atoms with Crippen LogP contribution in [0.1, 0.15) is 5.56 Å². The number of rotatable bonds is 1. The highest BCUT2D eigenvalue weighted by molar-refractivity contribution is 6.30. The average Bonchev–Trinajstić information content (AvgIpc) is 2.80. The number of fused-ring (bicyclic) bond motifs is 1. The van der Waals surface area contributed by atoms with Crippen molar-refractivity contribution in [3.05, 3.63) is 47.1 Å². The molecule has 0 spiro atoms. The molecule has 0 atom stereocenters. The lowest BCUT2D eigenvalue weighted by Crippen LogP contribution is -2.04. The third kappa shape index (κ3) is 2.34. The summed E-state index contributed by atoms with van der Waals surface area (Å²) in [6.07, 6.45) is -3.74. The van der Waals surface area contributed by atoms with E-state index in [0.29, 0.717) is 10.6 Å². The number of pyridine rings is 1. The molecule has 0 aliphatic rings. The Morgan fingerprint density at radius 1 is 1.15 bits per heavy atom. The van der Waals surface area contributed by atoms with Gasteiger partial charge >= 0.3 is 6.18 Å². The molecule has 0 aliphatic carbocycles. The Morgan fingerprint density at radius 2 is 1.95 bits per heavy atom. The first kappa shape index (κ1) is 12.9. The van der Waals surface area contributed by atoms with E-state index in [0.717, 1.165) is 12.3 Å². The molecule has 1 aromatic carbocycles. The number of hydrogen-bond donors (Lipinski definition) is 0. The highest BCUT2D eigenvalue weighted by Crippen LogP contribution is 2.31. The molecule has 2 aromatic heterocycles. The summed E-state index contributed by atoms with van der Waals surface area (Å²) in [5, 5.41) is 0.480. The van der Waals surface area contributed by atoms with E-state index in [4.69, 9.17) is 16.0 Å². The summed E-state index contributed by atoms with van der Waals surface area (Å²) in [6, 6.07) is 7.58. The third-order valence-electron chi connectivity index (χ3n) is 2.65. The molecule has 0 aliphatic heterocycles. The molecule has 0 bridgehead atoms. The van der Waals surface area contributed by atoms with Gasteiger partial charge in [-0.2, -0.15) is 13.2 Å². The Balaban J connectivity index is 2.11. The predicted octanol–water partition coefficient (Wildman–Crippen LogP) is 4.56. The molecule has 7 heteroatoms. The summed E-state index contributed by atoms with van der Waals surface area (Å²) in [7, 11) is 0. The van der Waals surface area contributed by atoms with Crippen LogP contribution in [0.15, 0.2) is 40.9 Å². The Morgan fingerprint density at radius 3 is 2.65 bits per heavy atom. The standard InChI is InChI=1S/C13H6ClF3N2O/c14-9-3-1-2-7(4-9)11-19-10-5-8(13(15,16)17)6-18-12(10)20-11/h1-6H. The number of alkyl halides is 3. The molecule has 3 nitrogen and oxygen atoms in total. The fraction of sp³-hybridized carbons (Fsp3) is 0.0769. The van der Waals surface area contributed by atoms with E-state index in [1.807, 2.05) is 0 Å². The Bertz CT molecular complexity index is 783. The van der Waals surface area contributed by atoms with Crippen molar-refractivity contribution in [1.82, 2.24) is 9.97 Å². The molecule has 0 unspecified atom stereocenters. The lowest BCUT2D eigenvalue weighted by Gasteiger charge is -2.03. The lowest BCUT2D eigenvalue weighted by atomic mass is 10.2. The van der Waals surface area contributed by atoms with Crippen molar-refractivity contribution in [3.8, 4) is 11.5 Å². The van der Waals surface area contributed by atoms with Crippen LogP contribution in [-0.4, -0.2) is 9.97 Å². The smallest absolute Gasteiger partial charge is 0.417 e. The van der Waals surface area contributed by atoms with Crippen molar-refractivity contribution in [2.24, 2.45) is 0 Å². The lowest BCUT2D eigenvalue weighted by molar-refractivity contribution is -0.137. The SMILES string of the molecule is FC(F)(F)c1cnc2oc(-c3cccc(Cl)c3)nc2c1. The number of benzene rings is 1.